The summed E-state index contributed by atoms with van der Waals surface area (Å²) in [4.78, 5) is 32.6. The molecule has 0 spiro atoms. The van der Waals surface area contributed by atoms with Gasteiger partial charge in [0, 0.05) is 41.1 Å². The summed E-state index contributed by atoms with van der Waals surface area (Å²) in [7, 11) is 0. The molecule has 7 heteroatoms. The lowest BCUT2D eigenvalue weighted by atomic mass is 10.0. The number of amides is 1. The summed E-state index contributed by atoms with van der Waals surface area (Å²) in [6.45, 7) is 0. The molecule has 0 atom stereocenters. The number of aromatic nitrogens is 2. The minimum atomic E-state index is -0.805. The molecular weight excluding hydrogens is 373 g/mol. The summed E-state index contributed by atoms with van der Waals surface area (Å²) >= 11 is 0. The van der Waals surface area contributed by atoms with Gasteiger partial charge in [-0.25, -0.2) is 4.39 Å². The van der Waals surface area contributed by atoms with Gasteiger partial charge in [-0.2, -0.15) is 0 Å². The van der Waals surface area contributed by atoms with Crippen molar-refractivity contribution < 1.29 is 19.1 Å². The number of benzene rings is 2. The second-order valence-corrected chi connectivity index (χ2v) is 6.53. The fraction of sp³-hybridized carbons (Fsp3) is 0.0455. The van der Waals surface area contributed by atoms with Crippen LogP contribution in [-0.2, 0) is 11.2 Å². The summed E-state index contributed by atoms with van der Waals surface area (Å²) in [5.41, 5.74) is 2.51. The number of phenols is 1. The maximum absolute atomic E-state index is 13.2. The monoisotopic (exact) mass is 389 g/mol. The first kappa shape index (κ1) is 18.4. The molecule has 0 unspecified atom stereocenters. The van der Waals surface area contributed by atoms with E-state index in [1.54, 1.807) is 30.3 Å². The van der Waals surface area contributed by atoms with Gasteiger partial charge in [-0.3, -0.25) is 14.6 Å². The van der Waals surface area contributed by atoms with Gasteiger partial charge < -0.3 is 15.4 Å². The lowest BCUT2D eigenvalue weighted by Gasteiger charge is -2.07. The molecule has 0 radical (unpaired) electrons. The van der Waals surface area contributed by atoms with Gasteiger partial charge in [0.1, 0.15) is 11.6 Å². The Hall–Kier alpha value is -4.00. The first-order valence-electron chi connectivity index (χ1n) is 8.85. The maximum atomic E-state index is 13.2. The minimum Gasteiger partial charge on any atom is -0.508 e. The van der Waals surface area contributed by atoms with Crippen molar-refractivity contribution in [2.24, 2.45) is 0 Å². The number of fused-ring (bicyclic) bond motifs is 1. The van der Waals surface area contributed by atoms with Gasteiger partial charge >= 0.3 is 0 Å². The SMILES string of the molecule is O=C(Nc1ccncc1)C(=O)c1c(Cc2ccc(F)cc2)[nH]c2ccc(O)cc12. The first-order valence-corrected chi connectivity index (χ1v) is 8.85. The van der Waals surface area contributed by atoms with Crippen LogP contribution < -0.4 is 5.32 Å². The number of anilines is 1. The van der Waals surface area contributed by atoms with E-state index in [1.165, 1.54) is 36.7 Å². The number of carbonyl (C=O) groups excluding carboxylic acids is 2. The van der Waals surface area contributed by atoms with E-state index in [0.717, 1.165) is 5.56 Å². The van der Waals surface area contributed by atoms with Crippen LogP contribution >= 0.6 is 0 Å². The Morgan fingerprint density at radius 1 is 1.03 bits per heavy atom. The van der Waals surface area contributed by atoms with Crippen molar-refractivity contribution in [1.82, 2.24) is 9.97 Å². The molecule has 0 aliphatic heterocycles. The van der Waals surface area contributed by atoms with Gasteiger partial charge in [0.25, 0.3) is 11.7 Å². The Kier molecular flexibility index (Phi) is 4.78. The van der Waals surface area contributed by atoms with Gasteiger partial charge in [0.15, 0.2) is 0 Å². The summed E-state index contributed by atoms with van der Waals surface area (Å²) in [6.07, 6.45) is 3.30. The predicted octanol–water partition coefficient (Wildman–Crippen LogP) is 3.82. The number of aromatic amines is 1. The molecular formula is C22H16FN3O3. The van der Waals surface area contributed by atoms with Crippen molar-refractivity contribution in [3.8, 4) is 5.75 Å². The number of ketones is 1. The maximum Gasteiger partial charge on any atom is 0.296 e. The van der Waals surface area contributed by atoms with E-state index in [0.29, 0.717) is 28.7 Å². The highest BCUT2D eigenvalue weighted by atomic mass is 19.1. The molecule has 3 N–H and O–H groups in total. The van der Waals surface area contributed by atoms with Crippen molar-refractivity contribution in [2.75, 3.05) is 5.32 Å². The number of halogens is 1. The average Bonchev–Trinajstić information content (AvgIpc) is 3.06. The van der Waals surface area contributed by atoms with Crippen molar-refractivity contribution in [3.63, 3.8) is 0 Å². The smallest absolute Gasteiger partial charge is 0.296 e. The lowest BCUT2D eigenvalue weighted by Crippen LogP contribution is -2.23. The van der Waals surface area contributed by atoms with Crippen LogP contribution in [0, 0.1) is 5.82 Å². The molecule has 29 heavy (non-hydrogen) atoms. The number of nitrogens with zero attached hydrogens (tertiary/aromatic N) is 1. The van der Waals surface area contributed by atoms with E-state index in [1.807, 2.05) is 0 Å². The third-order valence-corrected chi connectivity index (χ3v) is 4.53. The standard InChI is InChI=1S/C22H16FN3O3/c23-14-3-1-13(2-4-14)11-19-20(17-12-16(27)5-6-18(17)26-19)21(28)22(29)25-15-7-9-24-10-8-15/h1-10,12,26-27H,11H2,(H,24,25,29). The number of nitrogens with one attached hydrogen (secondary N) is 2. The number of phenolic OH excluding ortho intramolecular Hbond substituents is 1. The van der Waals surface area contributed by atoms with Crippen LogP contribution in [0.15, 0.2) is 67.0 Å². The molecule has 2 aromatic heterocycles. The van der Waals surface area contributed by atoms with Crippen LogP contribution in [0.2, 0.25) is 0 Å². The van der Waals surface area contributed by atoms with Gasteiger partial charge in [-0.05, 0) is 48.0 Å². The predicted molar refractivity (Wildman–Crippen MR) is 106 cm³/mol. The lowest BCUT2D eigenvalue weighted by molar-refractivity contribution is -0.112. The Bertz CT molecular complexity index is 1200. The van der Waals surface area contributed by atoms with Crippen molar-refractivity contribution >= 4 is 28.3 Å². The molecule has 144 valence electrons. The number of pyridine rings is 1. The van der Waals surface area contributed by atoms with Crippen LogP contribution in [0.3, 0.4) is 0 Å². The Morgan fingerprint density at radius 3 is 2.48 bits per heavy atom. The fourth-order valence-corrected chi connectivity index (χ4v) is 3.17. The van der Waals surface area contributed by atoms with E-state index < -0.39 is 11.7 Å². The normalized spacial score (nSPS) is 10.8. The highest BCUT2D eigenvalue weighted by Crippen LogP contribution is 2.28. The molecule has 2 aromatic carbocycles. The molecule has 0 saturated carbocycles. The number of hydrogen-bond acceptors (Lipinski definition) is 4. The zero-order chi connectivity index (χ0) is 20.4. The highest BCUT2D eigenvalue weighted by molar-refractivity contribution is 6.48. The molecule has 6 nitrogen and oxygen atoms in total. The van der Waals surface area contributed by atoms with Crippen molar-refractivity contribution in [2.45, 2.75) is 6.42 Å². The third-order valence-electron chi connectivity index (χ3n) is 4.53. The van der Waals surface area contributed by atoms with Gasteiger partial charge in [0.05, 0.1) is 5.56 Å². The zero-order valence-corrected chi connectivity index (χ0v) is 15.1. The molecule has 0 fully saturated rings. The Balaban J connectivity index is 1.74. The fourth-order valence-electron chi connectivity index (χ4n) is 3.17. The minimum absolute atomic E-state index is 0.0200. The van der Waals surface area contributed by atoms with Crippen LogP contribution in [-0.4, -0.2) is 26.8 Å². The average molecular weight is 389 g/mol. The van der Waals surface area contributed by atoms with E-state index in [4.69, 9.17) is 0 Å². The van der Waals surface area contributed by atoms with E-state index >= 15 is 0 Å². The second kappa shape index (κ2) is 7.55. The molecule has 0 saturated heterocycles. The zero-order valence-electron chi connectivity index (χ0n) is 15.1. The summed E-state index contributed by atoms with van der Waals surface area (Å²) in [5, 5.41) is 12.9. The molecule has 0 aliphatic rings. The summed E-state index contributed by atoms with van der Waals surface area (Å²) in [5.74, 6) is -1.92. The van der Waals surface area contributed by atoms with Crippen LogP contribution in [0.5, 0.6) is 5.75 Å². The Morgan fingerprint density at radius 2 is 1.76 bits per heavy atom. The van der Waals surface area contributed by atoms with Crippen LogP contribution in [0.25, 0.3) is 10.9 Å². The number of hydrogen-bond donors (Lipinski definition) is 3. The number of rotatable bonds is 5. The van der Waals surface area contributed by atoms with Crippen LogP contribution in [0.4, 0.5) is 10.1 Å². The Labute approximate surface area is 165 Å². The van der Waals surface area contributed by atoms with E-state index in [9.17, 15) is 19.1 Å². The number of H-pyrrole nitrogens is 1. The number of Topliss-reactive ketones (excluding diaryl/α,β-unsaturated/α-hetero) is 1. The summed E-state index contributed by atoms with van der Waals surface area (Å²) < 4.78 is 13.2. The molecule has 4 rings (SSSR count). The van der Waals surface area contributed by atoms with Crippen molar-refractivity contribution in [3.05, 3.63) is 89.6 Å². The molecule has 4 aromatic rings. The quantitative estimate of drug-likeness (QED) is 0.357. The third kappa shape index (κ3) is 3.84. The second-order valence-electron chi connectivity index (χ2n) is 6.53. The van der Waals surface area contributed by atoms with Gasteiger partial charge in [0.2, 0.25) is 0 Å². The molecule has 0 aliphatic carbocycles. The van der Waals surface area contributed by atoms with Crippen molar-refractivity contribution in [1.29, 1.82) is 0 Å². The molecule has 1 amide bonds. The van der Waals surface area contributed by atoms with Crippen LogP contribution in [0.1, 0.15) is 21.6 Å². The van der Waals surface area contributed by atoms with Gasteiger partial charge in [-0.1, -0.05) is 12.1 Å². The number of carbonyl (C=O) groups is 2. The summed E-state index contributed by atoms with van der Waals surface area (Å²) in [6, 6.07) is 13.6. The largest absolute Gasteiger partial charge is 0.508 e. The number of aromatic hydroxyl groups is 1. The first-order chi connectivity index (χ1) is 14.0. The molecule has 0 bridgehead atoms. The van der Waals surface area contributed by atoms with E-state index in [2.05, 4.69) is 15.3 Å². The van der Waals surface area contributed by atoms with E-state index in [-0.39, 0.29) is 17.1 Å². The van der Waals surface area contributed by atoms with Gasteiger partial charge in [-0.15, -0.1) is 0 Å². The highest BCUT2D eigenvalue weighted by Gasteiger charge is 2.25. The molecule has 2 heterocycles. The topological polar surface area (TPSA) is 95.1 Å².